The van der Waals surface area contributed by atoms with Crippen LogP contribution >= 0.6 is 0 Å². The number of aliphatic hydroxyl groups is 2. The van der Waals surface area contributed by atoms with Crippen LogP contribution in [0.15, 0.2) is 78.9 Å². The summed E-state index contributed by atoms with van der Waals surface area (Å²) < 4.78 is 18.0. The standard InChI is InChI=1S/C35H45N3O7/c1-5-43-31(40)20-37-35(42)36-19-25-11-17-29(18-12-25)34-44-30(21-38(4)24(3)32(41)27-9-7-6-8-10-27)23(2)33(45-34)28-15-13-26(22-39)14-16-28/h6-18,23-24,30,32-34,39,41H,5,19-22H2,1-4H3,(H2,36,37,42)/t23-,24-,30+,32-,33+,34+/m1/s1. The van der Waals surface area contributed by atoms with Gasteiger partial charge in [-0.15, -0.1) is 0 Å². The first-order valence-electron chi connectivity index (χ1n) is 15.4. The van der Waals surface area contributed by atoms with Crippen LogP contribution in [0.3, 0.4) is 0 Å². The molecule has 6 atom stereocenters. The SMILES string of the molecule is CCOC(=O)CNC(=O)NCc1ccc([C@H]2O[C@@H](CN(C)[C@H](C)[C@@H](O)c3ccccc3)[C@@H](C)[C@@H](c3ccc(CO)cc3)O2)cc1. The number of hydrogen-bond acceptors (Lipinski definition) is 8. The molecular formula is C35H45N3O7. The maximum absolute atomic E-state index is 12.1. The topological polar surface area (TPSA) is 130 Å². The number of rotatable bonds is 13. The molecular weight excluding hydrogens is 574 g/mol. The molecule has 2 amide bonds. The van der Waals surface area contributed by atoms with Crippen molar-refractivity contribution in [3.05, 3.63) is 107 Å². The van der Waals surface area contributed by atoms with Gasteiger partial charge in [0.2, 0.25) is 0 Å². The van der Waals surface area contributed by atoms with Crippen LogP contribution < -0.4 is 10.6 Å². The van der Waals surface area contributed by atoms with Crippen LogP contribution in [-0.4, -0.2) is 66.0 Å². The molecule has 1 heterocycles. The second-order valence-corrected chi connectivity index (χ2v) is 11.4. The second-order valence-electron chi connectivity index (χ2n) is 11.4. The third kappa shape index (κ3) is 9.35. The summed E-state index contributed by atoms with van der Waals surface area (Å²) in [6.45, 7) is 6.69. The Labute approximate surface area is 265 Å². The summed E-state index contributed by atoms with van der Waals surface area (Å²) in [5.74, 6) is -0.505. The quantitative estimate of drug-likeness (QED) is 0.208. The first-order chi connectivity index (χ1) is 21.7. The Morgan fingerprint density at radius 3 is 2.22 bits per heavy atom. The minimum absolute atomic E-state index is 0.0126. The maximum atomic E-state index is 12.1. The van der Waals surface area contributed by atoms with Crippen LogP contribution in [0.2, 0.25) is 0 Å². The summed E-state index contributed by atoms with van der Waals surface area (Å²) in [5.41, 5.74) is 4.38. The van der Waals surface area contributed by atoms with Crippen molar-refractivity contribution in [1.82, 2.24) is 15.5 Å². The van der Waals surface area contributed by atoms with Crippen LogP contribution in [0.4, 0.5) is 4.79 Å². The molecule has 0 spiro atoms. The van der Waals surface area contributed by atoms with Crippen molar-refractivity contribution in [2.24, 2.45) is 5.92 Å². The first kappa shape index (κ1) is 34.1. The fourth-order valence-corrected chi connectivity index (χ4v) is 5.35. The molecule has 0 radical (unpaired) electrons. The van der Waals surface area contributed by atoms with E-state index in [0.717, 1.165) is 27.8 Å². The molecule has 1 fully saturated rings. The van der Waals surface area contributed by atoms with E-state index >= 15 is 0 Å². The van der Waals surface area contributed by atoms with Gasteiger partial charge in [-0.3, -0.25) is 9.69 Å². The van der Waals surface area contributed by atoms with E-state index in [1.54, 1.807) is 6.92 Å². The number of ether oxygens (including phenoxy) is 3. The van der Waals surface area contributed by atoms with E-state index in [2.05, 4.69) is 22.5 Å². The molecule has 0 unspecified atom stereocenters. The summed E-state index contributed by atoms with van der Waals surface area (Å²) in [6.07, 6.45) is -1.79. The number of hydrogen-bond donors (Lipinski definition) is 4. The van der Waals surface area contributed by atoms with Gasteiger partial charge in [-0.05, 0) is 43.1 Å². The number of nitrogens with zero attached hydrogens (tertiary/aromatic N) is 1. The predicted octanol–water partition coefficient (Wildman–Crippen LogP) is 4.39. The van der Waals surface area contributed by atoms with Crippen molar-refractivity contribution in [3.8, 4) is 0 Å². The Hall–Kier alpha value is -3.80. The van der Waals surface area contributed by atoms with E-state index in [9.17, 15) is 19.8 Å². The highest BCUT2D eigenvalue weighted by atomic mass is 16.7. The van der Waals surface area contributed by atoms with Gasteiger partial charge in [0.15, 0.2) is 6.29 Å². The fraction of sp³-hybridized carbons (Fsp3) is 0.429. The van der Waals surface area contributed by atoms with Crippen molar-refractivity contribution >= 4 is 12.0 Å². The molecule has 0 saturated carbocycles. The lowest BCUT2D eigenvalue weighted by Gasteiger charge is -2.43. The number of likely N-dealkylation sites (N-methyl/N-ethyl adjacent to an activating group) is 1. The van der Waals surface area contributed by atoms with Crippen molar-refractivity contribution in [2.75, 3.05) is 26.7 Å². The number of carbonyl (C=O) groups excluding carboxylic acids is 2. The Morgan fingerprint density at radius 2 is 1.58 bits per heavy atom. The summed E-state index contributed by atoms with van der Waals surface area (Å²) in [5, 5.41) is 25.8. The molecule has 242 valence electrons. The molecule has 4 N–H and O–H groups in total. The van der Waals surface area contributed by atoms with Crippen LogP contribution in [0, 0.1) is 5.92 Å². The second kappa shape index (κ2) is 16.5. The van der Waals surface area contributed by atoms with E-state index in [-0.39, 0.29) is 50.5 Å². The lowest BCUT2D eigenvalue weighted by molar-refractivity contribution is -0.276. The largest absolute Gasteiger partial charge is 0.465 e. The molecule has 3 aromatic carbocycles. The third-order valence-electron chi connectivity index (χ3n) is 8.29. The van der Waals surface area contributed by atoms with E-state index < -0.39 is 24.4 Å². The number of benzene rings is 3. The van der Waals surface area contributed by atoms with Crippen molar-refractivity contribution < 1.29 is 34.0 Å². The minimum atomic E-state index is -0.655. The number of urea groups is 1. The van der Waals surface area contributed by atoms with Gasteiger partial charge in [-0.25, -0.2) is 4.79 Å². The Kier molecular flexibility index (Phi) is 12.5. The molecule has 10 heteroatoms. The third-order valence-corrected chi connectivity index (χ3v) is 8.29. The maximum Gasteiger partial charge on any atom is 0.325 e. The predicted molar refractivity (Wildman–Crippen MR) is 170 cm³/mol. The van der Waals surface area contributed by atoms with Gasteiger partial charge in [-0.1, -0.05) is 85.8 Å². The van der Waals surface area contributed by atoms with E-state index in [1.165, 1.54) is 0 Å². The number of amides is 2. The van der Waals surface area contributed by atoms with Crippen LogP contribution in [0.25, 0.3) is 0 Å². The van der Waals surface area contributed by atoms with Gasteiger partial charge in [0.25, 0.3) is 0 Å². The van der Waals surface area contributed by atoms with Crippen molar-refractivity contribution in [2.45, 2.75) is 64.6 Å². The smallest absolute Gasteiger partial charge is 0.325 e. The molecule has 0 aromatic heterocycles. The highest BCUT2D eigenvalue weighted by molar-refractivity contribution is 5.80. The van der Waals surface area contributed by atoms with Gasteiger partial charge in [-0.2, -0.15) is 0 Å². The molecule has 0 aliphatic carbocycles. The normalized spacial score (nSPS) is 21.1. The highest BCUT2D eigenvalue weighted by Crippen LogP contribution is 2.42. The minimum Gasteiger partial charge on any atom is -0.465 e. The van der Waals surface area contributed by atoms with Crippen LogP contribution in [0.5, 0.6) is 0 Å². The molecule has 10 nitrogen and oxygen atoms in total. The zero-order valence-electron chi connectivity index (χ0n) is 26.4. The van der Waals surface area contributed by atoms with Crippen molar-refractivity contribution in [1.29, 1.82) is 0 Å². The zero-order chi connectivity index (χ0) is 32.3. The Morgan fingerprint density at radius 1 is 0.933 bits per heavy atom. The van der Waals surface area contributed by atoms with Crippen molar-refractivity contribution in [3.63, 3.8) is 0 Å². The zero-order valence-corrected chi connectivity index (χ0v) is 26.4. The van der Waals surface area contributed by atoms with Gasteiger partial charge in [0, 0.05) is 30.6 Å². The average molecular weight is 620 g/mol. The Balaban J connectivity index is 1.46. The highest BCUT2D eigenvalue weighted by Gasteiger charge is 2.39. The molecule has 1 saturated heterocycles. The Bertz CT molecular complexity index is 1350. The monoisotopic (exact) mass is 619 g/mol. The summed E-state index contributed by atoms with van der Waals surface area (Å²) in [4.78, 5) is 25.7. The van der Waals surface area contributed by atoms with E-state index in [1.807, 2.05) is 92.8 Å². The number of aliphatic hydroxyl groups excluding tert-OH is 2. The van der Waals surface area contributed by atoms with Crippen LogP contribution in [-0.2, 0) is 32.2 Å². The number of esters is 1. The molecule has 0 bridgehead atoms. The summed E-state index contributed by atoms with van der Waals surface area (Å²) >= 11 is 0. The number of nitrogens with one attached hydrogen (secondary N) is 2. The van der Waals surface area contributed by atoms with Crippen LogP contribution in [0.1, 0.15) is 67.1 Å². The molecule has 45 heavy (non-hydrogen) atoms. The van der Waals surface area contributed by atoms with E-state index in [0.29, 0.717) is 6.54 Å². The summed E-state index contributed by atoms with van der Waals surface area (Å²) in [7, 11) is 1.99. The molecule has 4 rings (SSSR count). The van der Waals surface area contributed by atoms with Gasteiger partial charge in [0.1, 0.15) is 6.54 Å². The number of carbonyl (C=O) groups is 2. The lowest BCUT2D eigenvalue weighted by atomic mass is 9.89. The lowest BCUT2D eigenvalue weighted by Crippen LogP contribution is -2.46. The van der Waals surface area contributed by atoms with Gasteiger partial charge in [0.05, 0.1) is 31.5 Å². The molecule has 3 aromatic rings. The first-order valence-corrected chi connectivity index (χ1v) is 15.4. The molecule has 1 aliphatic rings. The van der Waals surface area contributed by atoms with E-state index in [4.69, 9.17) is 14.2 Å². The van der Waals surface area contributed by atoms with Gasteiger partial charge >= 0.3 is 12.0 Å². The average Bonchev–Trinajstić information content (AvgIpc) is 3.07. The fourth-order valence-electron chi connectivity index (χ4n) is 5.35. The van der Waals surface area contributed by atoms with Gasteiger partial charge < -0.3 is 35.1 Å². The summed E-state index contributed by atoms with van der Waals surface area (Å²) in [6, 6.07) is 24.4. The molecule has 1 aliphatic heterocycles.